The number of carboxylic acids is 1. The number of nitrogens with zero attached hydrogens (tertiary/aromatic N) is 3. The van der Waals surface area contributed by atoms with Crippen molar-refractivity contribution in [2.75, 3.05) is 6.54 Å². The van der Waals surface area contributed by atoms with Crippen molar-refractivity contribution < 1.29 is 33.8 Å². The molecule has 1 saturated carbocycles. The Bertz CT molecular complexity index is 1720. The highest BCUT2D eigenvalue weighted by atomic mass is 32.1. The number of carbonyl (C=O) groups is 4. The number of amides is 3. The Morgan fingerprint density at radius 1 is 1.08 bits per heavy atom. The van der Waals surface area contributed by atoms with E-state index in [4.69, 9.17) is 19.4 Å². The normalized spacial score (nSPS) is 27.1. The fraction of sp³-hybridized carbons (Fsp3) is 0.486. The van der Waals surface area contributed by atoms with Crippen LogP contribution in [0.4, 0.5) is 4.79 Å². The van der Waals surface area contributed by atoms with Crippen LogP contribution in [0.1, 0.15) is 65.7 Å². The van der Waals surface area contributed by atoms with Gasteiger partial charge in [-0.3, -0.25) is 9.59 Å². The molecular weight excluding hydrogens is 634 g/mol. The second-order valence-electron chi connectivity index (χ2n) is 13.7. The van der Waals surface area contributed by atoms with E-state index in [9.17, 15) is 24.3 Å². The molecule has 1 aromatic carbocycles. The average molecular weight is 676 g/mol. The molecule has 4 heterocycles. The molecule has 2 aliphatic heterocycles. The van der Waals surface area contributed by atoms with Gasteiger partial charge in [0.25, 0.3) is 0 Å². The van der Waals surface area contributed by atoms with E-state index >= 15 is 0 Å². The molecule has 48 heavy (non-hydrogen) atoms. The maximum absolute atomic E-state index is 14.3. The Morgan fingerprint density at radius 3 is 2.56 bits per heavy atom. The van der Waals surface area contributed by atoms with Crippen molar-refractivity contribution >= 4 is 46.2 Å². The van der Waals surface area contributed by atoms with Crippen molar-refractivity contribution in [2.45, 2.75) is 95.0 Å². The lowest BCUT2D eigenvalue weighted by Gasteiger charge is -2.30. The summed E-state index contributed by atoms with van der Waals surface area (Å²) < 4.78 is 12.0. The van der Waals surface area contributed by atoms with Gasteiger partial charge in [0.1, 0.15) is 35.0 Å². The minimum Gasteiger partial charge on any atom is -0.479 e. The number of aromatic nitrogens is 2. The summed E-state index contributed by atoms with van der Waals surface area (Å²) in [6.45, 7) is 5.24. The fourth-order valence-corrected chi connectivity index (χ4v) is 7.10. The first kappa shape index (κ1) is 33.4. The van der Waals surface area contributed by atoms with E-state index in [-0.39, 0.29) is 31.2 Å². The Morgan fingerprint density at radius 2 is 1.85 bits per heavy atom. The summed E-state index contributed by atoms with van der Waals surface area (Å²) in [6, 6.07) is 9.27. The molecule has 0 unspecified atom stereocenters. The second-order valence-corrected chi connectivity index (χ2v) is 14.6. The Balaban J connectivity index is 1.32. The predicted molar refractivity (Wildman–Crippen MR) is 179 cm³/mol. The van der Waals surface area contributed by atoms with E-state index in [1.165, 1.54) is 16.2 Å². The molecule has 3 N–H and O–H groups in total. The zero-order valence-electron chi connectivity index (χ0n) is 27.3. The van der Waals surface area contributed by atoms with Crippen LogP contribution >= 0.6 is 11.3 Å². The minimum atomic E-state index is -1.44. The van der Waals surface area contributed by atoms with E-state index in [2.05, 4.69) is 10.6 Å². The van der Waals surface area contributed by atoms with E-state index in [0.29, 0.717) is 29.6 Å². The first-order valence-electron chi connectivity index (χ1n) is 16.4. The Hall–Kier alpha value is -4.52. The molecule has 2 aromatic heterocycles. The molecule has 3 aromatic rings. The Labute approximate surface area is 282 Å². The van der Waals surface area contributed by atoms with Crippen molar-refractivity contribution in [3.05, 3.63) is 53.9 Å². The summed E-state index contributed by atoms with van der Waals surface area (Å²) in [4.78, 5) is 65.5. The zero-order chi connectivity index (χ0) is 34.1. The molecule has 1 aliphatic carbocycles. The first-order chi connectivity index (χ1) is 22.9. The van der Waals surface area contributed by atoms with Gasteiger partial charge in [0.2, 0.25) is 17.7 Å². The number of nitrogens with one attached hydrogen (secondary N) is 2. The maximum Gasteiger partial charge on any atom is 0.408 e. The van der Waals surface area contributed by atoms with Gasteiger partial charge in [0.15, 0.2) is 0 Å². The molecular formula is C35H41N5O7S. The predicted octanol–water partition coefficient (Wildman–Crippen LogP) is 5.08. The van der Waals surface area contributed by atoms with Gasteiger partial charge >= 0.3 is 12.1 Å². The number of rotatable bonds is 5. The zero-order valence-corrected chi connectivity index (χ0v) is 28.1. The third-order valence-corrected chi connectivity index (χ3v) is 9.76. The molecule has 3 amide bonds. The molecule has 5 atom stereocenters. The molecule has 3 aliphatic rings. The number of ether oxygens (including phenoxy) is 2. The highest BCUT2D eigenvalue weighted by Crippen LogP contribution is 2.45. The fourth-order valence-electron chi connectivity index (χ4n) is 6.39. The van der Waals surface area contributed by atoms with Crippen LogP contribution in [0.2, 0.25) is 0 Å². The smallest absolute Gasteiger partial charge is 0.408 e. The number of aliphatic carboxylic acids is 1. The molecule has 6 rings (SSSR count). The summed E-state index contributed by atoms with van der Waals surface area (Å²) in [5, 5.41) is 17.6. The summed E-state index contributed by atoms with van der Waals surface area (Å²) in [7, 11) is 0. The number of fused-ring (bicyclic) bond motifs is 3. The highest BCUT2D eigenvalue weighted by molar-refractivity contribution is 7.13. The first-order valence-corrected chi connectivity index (χ1v) is 17.3. The van der Waals surface area contributed by atoms with Crippen LogP contribution in [0.5, 0.6) is 5.88 Å². The summed E-state index contributed by atoms with van der Waals surface area (Å²) in [5.74, 6) is -2.23. The minimum absolute atomic E-state index is 0.0191. The largest absolute Gasteiger partial charge is 0.479 e. The van der Waals surface area contributed by atoms with E-state index in [1.807, 2.05) is 53.9 Å². The number of carboxylic acid groups (broad SMARTS) is 1. The van der Waals surface area contributed by atoms with E-state index in [1.54, 1.807) is 20.8 Å². The number of carbonyl (C=O) groups excluding carboxylic acids is 3. The summed E-state index contributed by atoms with van der Waals surface area (Å²) in [5.41, 5.74) is -0.337. The molecule has 0 radical (unpaired) electrons. The van der Waals surface area contributed by atoms with Gasteiger partial charge in [-0.2, -0.15) is 0 Å². The van der Waals surface area contributed by atoms with Gasteiger partial charge in [0, 0.05) is 12.3 Å². The lowest BCUT2D eigenvalue weighted by molar-refractivity contribution is -0.145. The molecule has 0 bridgehead atoms. The lowest BCUT2D eigenvalue weighted by atomic mass is 10.0. The molecule has 0 spiro atoms. The van der Waals surface area contributed by atoms with Crippen LogP contribution in [0.15, 0.2) is 53.9 Å². The third-order valence-electron chi connectivity index (χ3n) is 8.88. The third kappa shape index (κ3) is 7.30. The number of thiophene rings is 1. The number of alkyl carbamates (subject to hydrolysis) is 1. The molecule has 1 saturated heterocycles. The maximum atomic E-state index is 14.3. The lowest BCUT2D eigenvalue weighted by Crippen LogP contribution is -2.56. The van der Waals surface area contributed by atoms with Gasteiger partial charge in [0.05, 0.1) is 22.5 Å². The van der Waals surface area contributed by atoms with Crippen molar-refractivity contribution in [3.63, 3.8) is 0 Å². The van der Waals surface area contributed by atoms with Gasteiger partial charge in [-0.1, -0.05) is 43.2 Å². The summed E-state index contributed by atoms with van der Waals surface area (Å²) in [6.07, 6.45) is 6.18. The Kier molecular flexibility index (Phi) is 9.41. The van der Waals surface area contributed by atoms with Crippen LogP contribution in [0.25, 0.3) is 21.6 Å². The van der Waals surface area contributed by atoms with Crippen molar-refractivity contribution in [1.29, 1.82) is 0 Å². The molecule has 13 heteroatoms. The van der Waals surface area contributed by atoms with Crippen LogP contribution < -0.4 is 15.4 Å². The van der Waals surface area contributed by atoms with Crippen molar-refractivity contribution in [2.24, 2.45) is 5.92 Å². The number of benzene rings is 1. The number of hydrogen-bond donors (Lipinski definition) is 3. The second kappa shape index (κ2) is 13.5. The summed E-state index contributed by atoms with van der Waals surface area (Å²) >= 11 is 1.49. The highest BCUT2D eigenvalue weighted by Gasteiger charge is 2.61. The van der Waals surface area contributed by atoms with E-state index in [0.717, 1.165) is 24.1 Å². The number of para-hydroxylation sites is 2. The van der Waals surface area contributed by atoms with Crippen LogP contribution in [-0.2, 0) is 19.1 Å². The van der Waals surface area contributed by atoms with Crippen LogP contribution in [-0.4, -0.2) is 79.7 Å². The monoisotopic (exact) mass is 675 g/mol. The average Bonchev–Trinajstić information content (AvgIpc) is 3.34. The standard InChI is InChI=1S/C35H41N5O7S/c1-34(2,3)47-33(45)38-25-15-8-6-4-5-7-12-21-19-35(21,32(43)44)39-29(41)26-18-22(20-40(26)31(25)42)46-30-28(27-16-11-17-48-27)36-23-13-9-10-14-24(23)37-30/h7,9-14,16-17,21-22,25-26H,4-6,8,15,18-20H2,1-3H3,(H,38,45)(H,39,41)(H,43,44)/b12-7-/t21-,22+,25-,26-,35+/m0/s1. The molecule has 2 fully saturated rings. The van der Waals surface area contributed by atoms with Crippen LogP contribution in [0, 0.1) is 5.92 Å². The number of hydrogen-bond acceptors (Lipinski definition) is 9. The van der Waals surface area contributed by atoms with Crippen molar-refractivity contribution in [3.8, 4) is 16.5 Å². The quantitative estimate of drug-likeness (QED) is 0.314. The molecule has 12 nitrogen and oxygen atoms in total. The van der Waals surface area contributed by atoms with Gasteiger partial charge < -0.3 is 30.1 Å². The van der Waals surface area contributed by atoms with Gasteiger partial charge in [-0.15, -0.1) is 11.3 Å². The van der Waals surface area contributed by atoms with Gasteiger partial charge in [-0.25, -0.2) is 19.6 Å². The van der Waals surface area contributed by atoms with E-state index < -0.39 is 53.2 Å². The number of allylic oxidation sites excluding steroid dienone is 1. The topological polar surface area (TPSA) is 160 Å². The molecule has 254 valence electrons. The van der Waals surface area contributed by atoms with Crippen LogP contribution in [0.3, 0.4) is 0 Å². The van der Waals surface area contributed by atoms with Crippen molar-refractivity contribution in [1.82, 2.24) is 25.5 Å². The van der Waals surface area contributed by atoms with Gasteiger partial charge in [-0.05, 0) is 70.0 Å². The SMILES string of the molecule is CC(C)(C)OC(=O)N[C@H]1CCCCC/C=C\[C@H]2C[C@@]2(C(=O)O)NC(=O)[C@@H]2C[C@@H](Oc3nc4ccccc4nc3-c3cccs3)CN2C1=O.